The van der Waals surface area contributed by atoms with Gasteiger partial charge in [-0.1, -0.05) is 5.21 Å². The Labute approximate surface area is 177 Å². The predicted molar refractivity (Wildman–Crippen MR) is 101 cm³/mol. The van der Waals surface area contributed by atoms with Crippen LogP contribution in [0.2, 0.25) is 0 Å². The first-order chi connectivity index (χ1) is 14.6. The van der Waals surface area contributed by atoms with Crippen molar-refractivity contribution < 1.29 is 42.7 Å². The number of sulfonamides is 1. The number of nitrogens with two attached hydrogens (primary N) is 1. The summed E-state index contributed by atoms with van der Waals surface area (Å²) in [5, 5.41) is 42.7. The van der Waals surface area contributed by atoms with Gasteiger partial charge in [0.1, 0.15) is 24.0 Å². The second-order valence-corrected chi connectivity index (χ2v) is 8.35. The maximum absolute atomic E-state index is 11.3. The molecule has 1 aromatic heterocycles. The Kier molecular flexibility index (Phi) is 7.00. The van der Waals surface area contributed by atoms with Gasteiger partial charge in [0.25, 0.3) is 0 Å². The van der Waals surface area contributed by atoms with E-state index in [1.165, 1.54) is 35.1 Å². The quantitative estimate of drug-likeness (QED) is 0.329. The molecule has 3 rings (SSSR count). The number of esters is 1. The molecule has 0 saturated carbocycles. The van der Waals surface area contributed by atoms with E-state index in [1.54, 1.807) is 0 Å². The van der Waals surface area contributed by atoms with Crippen molar-refractivity contribution in [2.45, 2.75) is 49.1 Å². The summed E-state index contributed by atoms with van der Waals surface area (Å²) >= 11 is 0. The molecule has 1 aliphatic heterocycles. The lowest BCUT2D eigenvalue weighted by Gasteiger charge is -2.41. The number of rotatable bonds is 7. The fourth-order valence-electron chi connectivity index (χ4n) is 2.97. The van der Waals surface area contributed by atoms with E-state index >= 15 is 0 Å². The Morgan fingerprint density at radius 1 is 1.26 bits per heavy atom. The molecule has 170 valence electrons. The summed E-state index contributed by atoms with van der Waals surface area (Å²) in [6.45, 7) is 0.383. The molecule has 0 spiro atoms. The molecule has 1 fully saturated rings. The van der Waals surface area contributed by atoms with E-state index in [2.05, 4.69) is 10.3 Å². The average Bonchev–Trinajstić information content (AvgIpc) is 3.19. The van der Waals surface area contributed by atoms with Crippen LogP contribution in [0.15, 0.2) is 35.4 Å². The van der Waals surface area contributed by atoms with Crippen LogP contribution in [0.3, 0.4) is 0 Å². The molecule has 1 saturated heterocycles. The van der Waals surface area contributed by atoms with Gasteiger partial charge in [-0.05, 0) is 24.3 Å². The maximum atomic E-state index is 11.3. The van der Waals surface area contributed by atoms with E-state index in [0.717, 1.165) is 6.92 Å². The van der Waals surface area contributed by atoms with Crippen LogP contribution in [0.1, 0.15) is 12.6 Å². The number of benzene rings is 1. The molecule has 14 heteroatoms. The Morgan fingerprint density at radius 2 is 1.94 bits per heavy atom. The summed E-state index contributed by atoms with van der Waals surface area (Å²) in [6.07, 6.45) is -5.25. The van der Waals surface area contributed by atoms with E-state index < -0.39 is 53.3 Å². The third kappa shape index (κ3) is 5.43. The fourth-order valence-corrected chi connectivity index (χ4v) is 3.49. The number of hydrogen-bond donors (Lipinski definition) is 4. The Bertz CT molecular complexity index is 1010. The summed E-state index contributed by atoms with van der Waals surface area (Å²) in [6, 6.07) is 5.63. The number of aromatic nitrogens is 3. The lowest BCUT2D eigenvalue weighted by atomic mass is 9.99. The Hall–Kier alpha value is -2.46. The van der Waals surface area contributed by atoms with E-state index in [0.29, 0.717) is 11.4 Å². The number of carbonyl (C=O) groups excluding carboxylic acids is 1. The van der Waals surface area contributed by atoms with Gasteiger partial charge in [-0.2, -0.15) is 0 Å². The largest absolute Gasteiger partial charge is 0.457 e. The van der Waals surface area contributed by atoms with Crippen LogP contribution < -0.4 is 5.14 Å². The van der Waals surface area contributed by atoms with Crippen molar-refractivity contribution in [2.24, 2.45) is 5.14 Å². The smallest absolute Gasteiger partial charge is 0.303 e. The molecule has 0 bridgehead atoms. The van der Waals surface area contributed by atoms with Crippen LogP contribution in [-0.4, -0.2) is 82.0 Å². The maximum Gasteiger partial charge on any atom is 0.303 e. The lowest BCUT2D eigenvalue weighted by molar-refractivity contribution is -0.306. The van der Waals surface area contributed by atoms with Gasteiger partial charge >= 0.3 is 5.97 Å². The van der Waals surface area contributed by atoms with Crippen molar-refractivity contribution in [2.75, 3.05) is 6.61 Å². The highest BCUT2D eigenvalue weighted by Crippen LogP contribution is 2.25. The monoisotopic (exact) mass is 458 g/mol. The number of aliphatic hydroxyl groups is 3. The minimum absolute atomic E-state index is 0.0487. The van der Waals surface area contributed by atoms with Gasteiger partial charge in [-0.3, -0.25) is 4.79 Å². The second-order valence-electron chi connectivity index (χ2n) is 6.79. The molecular formula is C17H22N4O9S. The van der Waals surface area contributed by atoms with Crippen molar-refractivity contribution in [3.63, 3.8) is 0 Å². The number of aliphatic hydroxyl groups excluding tert-OH is 3. The highest BCUT2D eigenvalue weighted by Gasteiger charge is 2.46. The highest BCUT2D eigenvalue weighted by atomic mass is 32.2. The van der Waals surface area contributed by atoms with Crippen molar-refractivity contribution in [1.82, 2.24) is 15.0 Å². The zero-order valence-electron chi connectivity index (χ0n) is 16.3. The third-order valence-electron chi connectivity index (χ3n) is 4.49. The van der Waals surface area contributed by atoms with Crippen molar-refractivity contribution >= 4 is 16.0 Å². The standard InChI is InChI=1S/C17H22N4O9S/c1-9(23)29-16-13(7-22)30-17(15(25)14(16)24)28-8-10-6-21(20-19-10)11-2-4-12(5-3-11)31(18,26)27/h2-6,13-17,22,24-25H,7-8H2,1H3,(H2,18,26,27)/t13-,14-,15-,16+,17-/m1/s1. The van der Waals surface area contributed by atoms with Crippen LogP contribution in [-0.2, 0) is 35.6 Å². The molecular weight excluding hydrogens is 436 g/mol. The normalized spacial score (nSPS) is 26.5. The first kappa shape index (κ1) is 23.2. The van der Waals surface area contributed by atoms with Gasteiger partial charge in [-0.15, -0.1) is 5.10 Å². The molecule has 1 aromatic carbocycles. The van der Waals surface area contributed by atoms with Crippen molar-refractivity contribution in [3.05, 3.63) is 36.2 Å². The van der Waals surface area contributed by atoms with Gasteiger partial charge in [0.15, 0.2) is 12.4 Å². The summed E-state index contributed by atoms with van der Waals surface area (Å²) in [5.41, 5.74) is 0.851. The van der Waals surface area contributed by atoms with Crippen LogP contribution >= 0.6 is 0 Å². The van der Waals surface area contributed by atoms with Gasteiger partial charge in [0.2, 0.25) is 10.0 Å². The molecule has 1 aliphatic rings. The Morgan fingerprint density at radius 3 is 2.52 bits per heavy atom. The number of ether oxygens (including phenoxy) is 3. The molecule has 0 unspecified atom stereocenters. The summed E-state index contributed by atoms with van der Waals surface area (Å²) in [5.74, 6) is -0.702. The molecule has 2 aromatic rings. The van der Waals surface area contributed by atoms with Crippen LogP contribution in [0.25, 0.3) is 5.69 Å². The highest BCUT2D eigenvalue weighted by molar-refractivity contribution is 7.89. The minimum Gasteiger partial charge on any atom is -0.457 e. The number of carbonyl (C=O) groups is 1. The van der Waals surface area contributed by atoms with E-state index in [1.807, 2.05) is 0 Å². The first-order valence-electron chi connectivity index (χ1n) is 9.06. The SMILES string of the molecule is CC(=O)O[C@@H]1[C@H](O)[C@@H](O)[C@H](OCc2cn(-c3ccc(S(N)(=O)=O)cc3)nn2)O[C@@H]1CO. The van der Waals surface area contributed by atoms with Crippen LogP contribution in [0, 0.1) is 0 Å². The van der Waals surface area contributed by atoms with Crippen molar-refractivity contribution in [3.8, 4) is 5.69 Å². The summed E-state index contributed by atoms with van der Waals surface area (Å²) in [4.78, 5) is 11.1. The summed E-state index contributed by atoms with van der Waals surface area (Å²) < 4.78 is 39.8. The van der Waals surface area contributed by atoms with Crippen LogP contribution in [0.4, 0.5) is 0 Å². The zero-order chi connectivity index (χ0) is 22.8. The molecule has 0 amide bonds. The minimum atomic E-state index is -3.81. The number of hydrogen-bond acceptors (Lipinski definition) is 11. The van der Waals surface area contributed by atoms with Crippen LogP contribution in [0.5, 0.6) is 0 Å². The van der Waals surface area contributed by atoms with E-state index in [4.69, 9.17) is 19.3 Å². The Balaban J connectivity index is 1.64. The predicted octanol–water partition coefficient (Wildman–Crippen LogP) is -2.20. The fraction of sp³-hybridized carbons (Fsp3) is 0.471. The topological polar surface area (TPSA) is 196 Å². The zero-order valence-corrected chi connectivity index (χ0v) is 17.1. The van der Waals surface area contributed by atoms with Gasteiger partial charge in [0.05, 0.1) is 30.0 Å². The molecule has 0 aliphatic carbocycles. The number of nitrogens with zero attached hydrogens (tertiary/aromatic N) is 3. The molecule has 5 N–H and O–H groups in total. The average molecular weight is 458 g/mol. The van der Waals surface area contributed by atoms with Crippen molar-refractivity contribution in [1.29, 1.82) is 0 Å². The summed E-state index contributed by atoms with van der Waals surface area (Å²) in [7, 11) is -3.81. The van der Waals surface area contributed by atoms with Gasteiger partial charge < -0.3 is 29.5 Å². The molecule has 2 heterocycles. The van der Waals surface area contributed by atoms with E-state index in [-0.39, 0.29) is 11.5 Å². The van der Waals surface area contributed by atoms with E-state index in [9.17, 15) is 28.5 Å². The molecule has 13 nitrogen and oxygen atoms in total. The molecule has 5 atom stereocenters. The van der Waals surface area contributed by atoms with Gasteiger partial charge in [-0.25, -0.2) is 18.2 Å². The third-order valence-corrected chi connectivity index (χ3v) is 5.42. The molecule has 31 heavy (non-hydrogen) atoms. The first-order valence-corrected chi connectivity index (χ1v) is 10.6. The van der Waals surface area contributed by atoms with Gasteiger partial charge in [0, 0.05) is 6.92 Å². The second kappa shape index (κ2) is 9.35. The lowest BCUT2D eigenvalue weighted by Crippen LogP contribution is -2.60. The molecule has 0 radical (unpaired) electrons. The number of primary sulfonamides is 1.